The van der Waals surface area contributed by atoms with Crippen molar-refractivity contribution in [3.63, 3.8) is 0 Å². The van der Waals surface area contributed by atoms with Gasteiger partial charge < -0.3 is 4.74 Å². The third kappa shape index (κ3) is 2.86. The van der Waals surface area contributed by atoms with E-state index >= 15 is 0 Å². The summed E-state index contributed by atoms with van der Waals surface area (Å²) in [4.78, 5) is 13.4. The molecule has 4 aromatic carbocycles. The fraction of sp³-hybridized carbons (Fsp3) is 0.0417. The number of carbonyl (C=O) groups excluding carboxylic acids is 1. The summed E-state index contributed by atoms with van der Waals surface area (Å²) in [7, 11) is 1.65. The van der Waals surface area contributed by atoms with Gasteiger partial charge in [-0.15, -0.1) is 0 Å². The maximum Gasteiger partial charge on any atom is 0.194 e. The Bertz CT molecular complexity index is 1060. The van der Waals surface area contributed by atoms with Crippen LogP contribution in [0.5, 0.6) is 5.75 Å². The Morgan fingerprint density at radius 2 is 1.42 bits per heavy atom. The van der Waals surface area contributed by atoms with E-state index in [1.54, 1.807) is 7.11 Å². The molecule has 2 heteroatoms. The Morgan fingerprint density at radius 3 is 2.15 bits per heavy atom. The van der Waals surface area contributed by atoms with E-state index in [0.717, 1.165) is 33.2 Å². The van der Waals surface area contributed by atoms with E-state index in [1.807, 2.05) is 84.9 Å². The van der Waals surface area contributed by atoms with Crippen LogP contribution in [0.15, 0.2) is 91.0 Å². The van der Waals surface area contributed by atoms with Gasteiger partial charge in [0.05, 0.1) is 7.11 Å². The van der Waals surface area contributed by atoms with E-state index in [-0.39, 0.29) is 5.78 Å². The SMILES string of the molecule is COc1ccc(-c2ccc3ccccc3c2C(=O)c2ccccc2)cc1. The van der Waals surface area contributed by atoms with Gasteiger partial charge in [-0.2, -0.15) is 0 Å². The number of ketones is 1. The van der Waals surface area contributed by atoms with Crippen LogP contribution in [0.3, 0.4) is 0 Å². The van der Waals surface area contributed by atoms with Crippen LogP contribution < -0.4 is 4.74 Å². The van der Waals surface area contributed by atoms with Gasteiger partial charge in [0.25, 0.3) is 0 Å². The van der Waals surface area contributed by atoms with Crippen molar-refractivity contribution < 1.29 is 9.53 Å². The molecule has 0 bridgehead atoms. The number of benzene rings is 4. The Balaban J connectivity index is 1.96. The molecule has 0 atom stereocenters. The van der Waals surface area contributed by atoms with Crippen LogP contribution in [0.1, 0.15) is 15.9 Å². The van der Waals surface area contributed by atoms with Crippen LogP contribution in [-0.4, -0.2) is 12.9 Å². The molecule has 0 amide bonds. The molecule has 0 saturated heterocycles. The van der Waals surface area contributed by atoms with Gasteiger partial charge in [-0.3, -0.25) is 4.79 Å². The molecule has 0 saturated carbocycles. The lowest BCUT2D eigenvalue weighted by Crippen LogP contribution is -2.04. The Labute approximate surface area is 152 Å². The highest BCUT2D eigenvalue weighted by Gasteiger charge is 2.18. The van der Waals surface area contributed by atoms with E-state index in [4.69, 9.17) is 4.74 Å². The minimum absolute atomic E-state index is 0.0354. The smallest absolute Gasteiger partial charge is 0.194 e. The second kappa shape index (κ2) is 6.85. The summed E-state index contributed by atoms with van der Waals surface area (Å²) in [5.41, 5.74) is 3.36. The standard InChI is InChI=1S/C24H18O2/c1-26-20-14-11-18(12-15-20)22-16-13-17-7-5-6-10-21(17)23(22)24(25)19-8-3-2-4-9-19/h2-16H,1H3. The molecular weight excluding hydrogens is 320 g/mol. The van der Waals surface area contributed by atoms with Crippen LogP contribution in [0.4, 0.5) is 0 Å². The highest BCUT2D eigenvalue weighted by molar-refractivity contribution is 6.20. The summed E-state index contributed by atoms with van der Waals surface area (Å²) in [5, 5.41) is 2.03. The molecule has 0 radical (unpaired) electrons. The van der Waals surface area contributed by atoms with Crippen LogP contribution in [0.2, 0.25) is 0 Å². The van der Waals surface area contributed by atoms with E-state index in [2.05, 4.69) is 6.07 Å². The molecule has 0 aliphatic heterocycles. The topological polar surface area (TPSA) is 26.3 Å². The zero-order valence-corrected chi connectivity index (χ0v) is 14.5. The molecule has 0 aliphatic rings. The predicted molar refractivity (Wildman–Crippen MR) is 106 cm³/mol. The first-order chi connectivity index (χ1) is 12.8. The van der Waals surface area contributed by atoms with Gasteiger partial charge in [0.2, 0.25) is 0 Å². The fourth-order valence-electron chi connectivity index (χ4n) is 3.26. The van der Waals surface area contributed by atoms with Gasteiger partial charge in [-0.25, -0.2) is 0 Å². The monoisotopic (exact) mass is 338 g/mol. The number of fused-ring (bicyclic) bond motifs is 1. The molecule has 0 heterocycles. The first kappa shape index (κ1) is 16.1. The third-order valence-electron chi connectivity index (χ3n) is 4.59. The van der Waals surface area contributed by atoms with E-state index in [1.165, 1.54) is 0 Å². The minimum atomic E-state index is 0.0354. The summed E-state index contributed by atoms with van der Waals surface area (Å²) in [5.74, 6) is 0.832. The quantitative estimate of drug-likeness (QED) is 0.443. The molecule has 0 fully saturated rings. The molecule has 0 aliphatic carbocycles. The van der Waals surface area contributed by atoms with Crippen molar-refractivity contribution in [1.29, 1.82) is 0 Å². The highest BCUT2D eigenvalue weighted by Crippen LogP contribution is 2.33. The van der Waals surface area contributed by atoms with Crippen molar-refractivity contribution in [3.05, 3.63) is 102 Å². The molecule has 26 heavy (non-hydrogen) atoms. The van der Waals surface area contributed by atoms with Gasteiger partial charge in [-0.05, 0) is 34.0 Å². The fourth-order valence-corrected chi connectivity index (χ4v) is 3.26. The molecule has 0 N–H and O–H groups in total. The van der Waals surface area contributed by atoms with Crippen molar-refractivity contribution in [1.82, 2.24) is 0 Å². The zero-order chi connectivity index (χ0) is 17.9. The molecule has 0 aromatic heterocycles. The second-order valence-electron chi connectivity index (χ2n) is 6.13. The van der Waals surface area contributed by atoms with Crippen LogP contribution in [0.25, 0.3) is 21.9 Å². The Morgan fingerprint density at radius 1 is 0.731 bits per heavy atom. The molecule has 0 unspecified atom stereocenters. The molecule has 2 nitrogen and oxygen atoms in total. The van der Waals surface area contributed by atoms with Crippen molar-refractivity contribution in [2.45, 2.75) is 0 Å². The van der Waals surface area contributed by atoms with Gasteiger partial charge in [-0.1, -0.05) is 78.9 Å². The third-order valence-corrected chi connectivity index (χ3v) is 4.59. The van der Waals surface area contributed by atoms with Crippen molar-refractivity contribution in [2.75, 3.05) is 7.11 Å². The average molecular weight is 338 g/mol. The van der Waals surface area contributed by atoms with Crippen LogP contribution in [0, 0.1) is 0 Å². The number of carbonyl (C=O) groups is 1. The number of methoxy groups -OCH3 is 1. The van der Waals surface area contributed by atoms with Gasteiger partial charge in [0.15, 0.2) is 5.78 Å². The number of hydrogen-bond acceptors (Lipinski definition) is 2. The molecule has 4 rings (SSSR count). The summed E-state index contributed by atoms with van der Waals surface area (Å²) >= 11 is 0. The lowest BCUT2D eigenvalue weighted by atomic mass is 9.89. The van der Waals surface area contributed by atoms with Gasteiger partial charge >= 0.3 is 0 Å². The maximum absolute atomic E-state index is 13.4. The lowest BCUT2D eigenvalue weighted by molar-refractivity contribution is 0.104. The number of hydrogen-bond donors (Lipinski definition) is 0. The van der Waals surface area contributed by atoms with E-state index < -0.39 is 0 Å². The predicted octanol–water partition coefficient (Wildman–Crippen LogP) is 5.75. The molecule has 126 valence electrons. The number of ether oxygens (including phenoxy) is 1. The summed E-state index contributed by atoms with van der Waals surface area (Å²) in [6.07, 6.45) is 0. The van der Waals surface area contributed by atoms with E-state index in [0.29, 0.717) is 5.56 Å². The summed E-state index contributed by atoms with van der Waals surface area (Å²) in [6.45, 7) is 0. The number of rotatable bonds is 4. The zero-order valence-electron chi connectivity index (χ0n) is 14.5. The van der Waals surface area contributed by atoms with Crippen LogP contribution in [-0.2, 0) is 0 Å². The lowest BCUT2D eigenvalue weighted by Gasteiger charge is -2.13. The van der Waals surface area contributed by atoms with Crippen LogP contribution >= 0.6 is 0 Å². The molecular formula is C24H18O2. The van der Waals surface area contributed by atoms with Gasteiger partial charge in [0, 0.05) is 11.1 Å². The van der Waals surface area contributed by atoms with Crippen molar-refractivity contribution in [3.8, 4) is 16.9 Å². The second-order valence-corrected chi connectivity index (χ2v) is 6.13. The summed E-state index contributed by atoms with van der Waals surface area (Å²) in [6, 6.07) is 29.4. The first-order valence-corrected chi connectivity index (χ1v) is 8.54. The summed E-state index contributed by atoms with van der Waals surface area (Å²) < 4.78 is 5.26. The normalized spacial score (nSPS) is 10.7. The van der Waals surface area contributed by atoms with Crippen molar-refractivity contribution >= 4 is 16.6 Å². The molecule has 0 spiro atoms. The van der Waals surface area contributed by atoms with E-state index in [9.17, 15) is 4.79 Å². The first-order valence-electron chi connectivity index (χ1n) is 8.54. The highest BCUT2D eigenvalue weighted by atomic mass is 16.5. The van der Waals surface area contributed by atoms with Crippen molar-refractivity contribution in [2.24, 2.45) is 0 Å². The Kier molecular flexibility index (Phi) is 4.24. The van der Waals surface area contributed by atoms with Gasteiger partial charge in [0.1, 0.15) is 5.75 Å². The molecule has 4 aromatic rings. The largest absolute Gasteiger partial charge is 0.497 e. The average Bonchev–Trinajstić information content (AvgIpc) is 2.73. The minimum Gasteiger partial charge on any atom is -0.497 e. The Hall–Kier alpha value is -3.39. The maximum atomic E-state index is 13.4.